The van der Waals surface area contributed by atoms with Crippen LogP contribution in [0.4, 0.5) is 10.2 Å². The van der Waals surface area contributed by atoms with E-state index in [1.165, 1.54) is 11.6 Å². The zero-order valence-corrected chi connectivity index (χ0v) is 20.3. The van der Waals surface area contributed by atoms with Gasteiger partial charge in [0.2, 0.25) is 0 Å². The number of benzene rings is 2. The second-order valence-electron chi connectivity index (χ2n) is 8.67. The Labute approximate surface area is 196 Å². The van der Waals surface area contributed by atoms with Crippen molar-refractivity contribution >= 4 is 5.82 Å². The third-order valence-corrected chi connectivity index (χ3v) is 5.27. The third kappa shape index (κ3) is 6.51. The maximum Gasteiger partial charge on any atom is 0.165 e. The first kappa shape index (κ1) is 24.2. The standard InChI is InChI=1S/C28H32FN3O/c1-18(2)9-11-30-28-17-31-26(16-32-28)24-14-20(5)23(13-21(24)6)22-7-8-27(25(29)15-22)33-12-10-19(3)4/h7-10,13-17H,11-12H2,1-6H3,(H,30,32). The Morgan fingerprint density at radius 3 is 2.24 bits per heavy atom. The summed E-state index contributed by atoms with van der Waals surface area (Å²) in [7, 11) is 0. The summed E-state index contributed by atoms with van der Waals surface area (Å²) in [6, 6.07) is 9.29. The van der Waals surface area contributed by atoms with Crippen LogP contribution in [0.3, 0.4) is 0 Å². The molecule has 4 nitrogen and oxygen atoms in total. The summed E-state index contributed by atoms with van der Waals surface area (Å²) >= 11 is 0. The molecule has 0 aliphatic heterocycles. The lowest BCUT2D eigenvalue weighted by atomic mass is 9.94. The van der Waals surface area contributed by atoms with E-state index < -0.39 is 0 Å². The van der Waals surface area contributed by atoms with Gasteiger partial charge in [0.1, 0.15) is 12.4 Å². The summed E-state index contributed by atoms with van der Waals surface area (Å²) in [5, 5.41) is 3.24. The first-order valence-corrected chi connectivity index (χ1v) is 11.1. The lowest BCUT2D eigenvalue weighted by Gasteiger charge is -2.14. The van der Waals surface area contributed by atoms with Gasteiger partial charge in [-0.2, -0.15) is 0 Å². The number of anilines is 1. The van der Waals surface area contributed by atoms with Crippen molar-refractivity contribution < 1.29 is 9.13 Å². The molecule has 3 rings (SSSR count). The highest BCUT2D eigenvalue weighted by molar-refractivity contribution is 5.75. The van der Waals surface area contributed by atoms with Gasteiger partial charge in [0.25, 0.3) is 0 Å². The number of halogens is 1. The molecule has 2 aromatic carbocycles. The molecule has 1 N–H and O–H groups in total. The second kappa shape index (κ2) is 10.9. The SMILES string of the molecule is CC(C)=CCNc1cnc(-c2cc(C)c(-c3ccc(OCC=C(C)C)c(F)c3)cc2C)cn1. The minimum absolute atomic E-state index is 0.260. The highest BCUT2D eigenvalue weighted by Crippen LogP contribution is 2.33. The van der Waals surface area contributed by atoms with Crippen LogP contribution in [0.1, 0.15) is 38.8 Å². The van der Waals surface area contributed by atoms with Crippen molar-refractivity contribution in [3.63, 3.8) is 0 Å². The first-order valence-electron chi connectivity index (χ1n) is 11.1. The van der Waals surface area contributed by atoms with E-state index >= 15 is 0 Å². The van der Waals surface area contributed by atoms with Gasteiger partial charge in [-0.15, -0.1) is 0 Å². The van der Waals surface area contributed by atoms with Gasteiger partial charge in [-0.25, -0.2) is 9.37 Å². The van der Waals surface area contributed by atoms with Crippen molar-refractivity contribution in [2.24, 2.45) is 0 Å². The summed E-state index contributed by atoms with van der Waals surface area (Å²) in [4.78, 5) is 9.08. The topological polar surface area (TPSA) is 47.0 Å². The number of aryl methyl sites for hydroxylation is 2. The van der Waals surface area contributed by atoms with Crippen LogP contribution < -0.4 is 10.1 Å². The first-order chi connectivity index (χ1) is 15.7. The van der Waals surface area contributed by atoms with Crippen LogP contribution >= 0.6 is 0 Å². The summed E-state index contributed by atoms with van der Waals surface area (Å²) < 4.78 is 20.2. The molecule has 0 unspecified atom stereocenters. The van der Waals surface area contributed by atoms with Crippen molar-refractivity contribution in [3.8, 4) is 28.1 Å². The molecule has 0 radical (unpaired) electrons. The summed E-state index contributed by atoms with van der Waals surface area (Å²) in [6.07, 6.45) is 7.56. The minimum Gasteiger partial charge on any atom is -0.486 e. The molecule has 1 heterocycles. The van der Waals surface area contributed by atoms with Crippen LogP contribution in [0.15, 0.2) is 66.0 Å². The van der Waals surface area contributed by atoms with Crippen LogP contribution in [-0.4, -0.2) is 23.1 Å². The fourth-order valence-electron chi connectivity index (χ4n) is 3.40. The fourth-order valence-corrected chi connectivity index (χ4v) is 3.40. The highest BCUT2D eigenvalue weighted by atomic mass is 19.1. The summed E-state index contributed by atoms with van der Waals surface area (Å²) in [5.74, 6) is 0.637. The number of nitrogens with one attached hydrogen (secondary N) is 1. The normalized spacial score (nSPS) is 10.5. The largest absolute Gasteiger partial charge is 0.486 e. The van der Waals surface area contributed by atoms with Crippen LogP contribution in [0, 0.1) is 19.7 Å². The van der Waals surface area contributed by atoms with E-state index in [1.807, 2.05) is 39.8 Å². The Morgan fingerprint density at radius 1 is 0.909 bits per heavy atom. The van der Waals surface area contributed by atoms with E-state index in [4.69, 9.17) is 4.74 Å². The van der Waals surface area contributed by atoms with Gasteiger partial charge in [-0.1, -0.05) is 29.4 Å². The number of nitrogens with zero attached hydrogens (tertiary/aromatic N) is 2. The average molecular weight is 446 g/mol. The molecule has 1 aromatic heterocycles. The number of hydrogen-bond donors (Lipinski definition) is 1. The van der Waals surface area contributed by atoms with Crippen molar-refractivity contribution in [1.82, 2.24) is 9.97 Å². The molecule has 0 saturated heterocycles. The van der Waals surface area contributed by atoms with Gasteiger partial charge in [0.05, 0.1) is 18.1 Å². The van der Waals surface area contributed by atoms with E-state index in [2.05, 4.69) is 47.3 Å². The Morgan fingerprint density at radius 2 is 1.61 bits per heavy atom. The van der Waals surface area contributed by atoms with E-state index in [0.717, 1.165) is 51.4 Å². The molecule has 5 heteroatoms. The van der Waals surface area contributed by atoms with Gasteiger partial charge in [0.15, 0.2) is 11.6 Å². The van der Waals surface area contributed by atoms with E-state index in [-0.39, 0.29) is 11.6 Å². The van der Waals surface area contributed by atoms with Crippen molar-refractivity contribution in [1.29, 1.82) is 0 Å². The van der Waals surface area contributed by atoms with Gasteiger partial charge in [-0.05, 0) is 88.1 Å². The molecule has 0 aliphatic carbocycles. The van der Waals surface area contributed by atoms with Gasteiger partial charge >= 0.3 is 0 Å². The molecular formula is C28H32FN3O. The lowest BCUT2D eigenvalue weighted by Crippen LogP contribution is -2.02. The van der Waals surface area contributed by atoms with E-state index in [9.17, 15) is 4.39 Å². The Kier molecular flexibility index (Phi) is 7.99. The molecule has 0 bridgehead atoms. The molecule has 0 fully saturated rings. The molecule has 3 aromatic rings. The molecule has 0 atom stereocenters. The summed E-state index contributed by atoms with van der Waals surface area (Å²) in [6.45, 7) is 13.2. The van der Waals surface area contributed by atoms with Crippen molar-refractivity contribution in [3.05, 3.63) is 83.0 Å². The highest BCUT2D eigenvalue weighted by Gasteiger charge is 2.12. The smallest absolute Gasteiger partial charge is 0.165 e. The predicted octanol–water partition coefficient (Wildman–Crippen LogP) is 7.29. The number of hydrogen-bond acceptors (Lipinski definition) is 4. The Hall–Kier alpha value is -3.47. The summed E-state index contributed by atoms with van der Waals surface area (Å²) in [5.41, 5.74) is 8.12. The zero-order chi connectivity index (χ0) is 24.0. The second-order valence-corrected chi connectivity index (χ2v) is 8.67. The number of allylic oxidation sites excluding steroid dienone is 2. The van der Waals surface area contributed by atoms with Gasteiger partial charge in [-0.3, -0.25) is 4.98 Å². The van der Waals surface area contributed by atoms with Crippen LogP contribution in [-0.2, 0) is 0 Å². The Bertz CT molecular complexity index is 1170. The molecule has 0 spiro atoms. The number of rotatable bonds is 8. The molecule has 172 valence electrons. The fraction of sp³-hybridized carbons (Fsp3) is 0.286. The lowest BCUT2D eigenvalue weighted by molar-refractivity contribution is 0.341. The monoisotopic (exact) mass is 445 g/mol. The number of aromatic nitrogens is 2. The van der Waals surface area contributed by atoms with E-state index in [1.54, 1.807) is 18.5 Å². The number of ether oxygens (including phenoxy) is 1. The molecule has 0 saturated carbocycles. The maximum atomic E-state index is 14.6. The van der Waals surface area contributed by atoms with E-state index in [0.29, 0.717) is 6.61 Å². The van der Waals surface area contributed by atoms with Gasteiger partial charge < -0.3 is 10.1 Å². The quantitative estimate of drug-likeness (QED) is 0.370. The molecular weight excluding hydrogens is 413 g/mol. The van der Waals surface area contributed by atoms with Crippen LogP contribution in [0.2, 0.25) is 0 Å². The third-order valence-electron chi connectivity index (χ3n) is 5.27. The maximum absolute atomic E-state index is 14.6. The Balaban J connectivity index is 1.81. The predicted molar refractivity (Wildman–Crippen MR) is 135 cm³/mol. The van der Waals surface area contributed by atoms with Crippen LogP contribution in [0.5, 0.6) is 5.75 Å². The van der Waals surface area contributed by atoms with Crippen molar-refractivity contribution in [2.45, 2.75) is 41.5 Å². The molecule has 33 heavy (non-hydrogen) atoms. The zero-order valence-electron chi connectivity index (χ0n) is 20.3. The molecule has 0 aliphatic rings. The molecule has 0 amide bonds. The average Bonchev–Trinajstić information content (AvgIpc) is 2.76. The minimum atomic E-state index is -0.363. The van der Waals surface area contributed by atoms with Crippen LogP contribution in [0.25, 0.3) is 22.4 Å². The van der Waals surface area contributed by atoms with Gasteiger partial charge in [0, 0.05) is 12.1 Å². The van der Waals surface area contributed by atoms with Crippen molar-refractivity contribution in [2.75, 3.05) is 18.5 Å².